The van der Waals surface area contributed by atoms with Crippen molar-refractivity contribution in [3.63, 3.8) is 0 Å². The minimum absolute atomic E-state index is 0. The first-order valence-electron chi connectivity index (χ1n) is 2.33. The average molecular weight is 140 g/mol. The number of methoxy groups -OCH3 is 1. The molecule has 0 saturated carbocycles. The molecule has 0 rings (SSSR count). The second kappa shape index (κ2) is 6.26. The van der Waals surface area contributed by atoms with Crippen LogP contribution in [0.2, 0.25) is 0 Å². The monoisotopic (exact) mass is 140 g/mol. The first kappa shape index (κ1) is 11.9. The number of ketones is 1. The number of Topliss-reactive ketones (excluding diaryl/α,β-unsaturated/α-hetero) is 1. The van der Waals surface area contributed by atoms with Gasteiger partial charge in [0, 0.05) is 6.42 Å². The Balaban J connectivity index is -0.000000245. The van der Waals surface area contributed by atoms with E-state index in [9.17, 15) is 9.59 Å². The van der Waals surface area contributed by atoms with Crippen LogP contribution in [0.1, 0.15) is 14.8 Å². The molecule has 0 N–H and O–H groups in total. The van der Waals surface area contributed by atoms with E-state index in [-0.39, 0.29) is 37.4 Å². The summed E-state index contributed by atoms with van der Waals surface area (Å²) in [5, 5.41) is 0. The van der Waals surface area contributed by atoms with Gasteiger partial charge in [-0.3, -0.25) is 4.79 Å². The maximum atomic E-state index is 10.3. The number of ether oxygens (including phenoxy) is 1. The van der Waals surface area contributed by atoms with E-state index >= 15 is 0 Å². The molecule has 0 unspecified atom stereocenters. The van der Waals surface area contributed by atoms with Gasteiger partial charge in [-0.2, -0.15) is 0 Å². The molecule has 0 amide bonds. The summed E-state index contributed by atoms with van der Waals surface area (Å²) in [6, 6.07) is 0. The van der Waals surface area contributed by atoms with Crippen LogP contribution in [0, 0.1) is 0 Å². The SMILES string of the molecule is CCC(=O)C(=O)OC.[H-].[Na+]. The Hall–Kier alpha value is 0.140. The summed E-state index contributed by atoms with van der Waals surface area (Å²) in [5.41, 5.74) is 0. The number of esters is 1. The van der Waals surface area contributed by atoms with E-state index in [2.05, 4.69) is 4.74 Å². The summed E-state index contributed by atoms with van der Waals surface area (Å²) in [7, 11) is 1.19. The number of carbonyl (C=O) groups is 2. The molecule has 48 valence electrons. The minimum atomic E-state index is -0.757. The zero-order chi connectivity index (χ0) is 6.57. The summed E-state index contributed by atoms with van der Waals surface area (Å²) >= 11 is 0. The van der Waals surface area contributed by atoms with Crippen LogP contribution in [0.5, 0.6) is 0 Å². The van der Waals surface area contributed by atoms with Gasteiger partial charge in [0.05, 0.1) is 7.11 Å². The van der Waals surface area contributed by atoms with Crippen LogP contribution in [0.25, 0.3) is 0 Å². The van der Waals surface area contributed by atoms with E-state index in [1.807, 2.05) is 0 Å². The van der Waals surface area contributed by atoms with Crippen LogP contribution >= 0.6 is 0 Å². The smallest absolute Gasteiger partial charge is 1.00 e. The zero-order valence-electron chi connectivity index (χ0n) is 6.93. The molecule has 0 aliphatic carbocycles. The maximum Gasteiger partial charge on any atom is 1.00 e. The van der Waals surface area contributed by atoms with E-state index in [1.54, 1.807) is 6.92 Å². The van der Waals surface area contributed by atoms with Gasteiger partial charge in [0.2, 0.25) is 5.78 Å². The molecule has 0 spiro atoms. The van der Waals surface area contributed by atoms with Crippen LogP contribution < -0.4 is 29.6 Å². The molecule has 0 bridgehead atoms. The van der Waals surface area contributed by atoms with Gasteiger partial charge in [-0.05, 0) is 0 Å². The number of hydrogen-bond acceptors (Lipinski definition) is 3. The van der Waals surface area contributed by atoms with Crippen LogP contribution in [0.15, 0.2) is 0 Å². The minimum Gasteiger partial charge on any atom is -1.00 e. The van der Waals surface area contributed by atoms with Crippen molar-refractivity contribution in [2.45, 2.75) is 13.3 Å². The fraction of sp³-hybridized carbons (Fsp3) is 0.600. The third-order valence-electron chi connectivity index (χ3n) is 0.734. The van der Waals surface area contributed by atoms with Gasteiger partial charge in [-0.1, -0.05) is 6.92 Å². The molecule has 0 heterocycles. The molecule has 0 aromatic heterocycles. The molecule has 3 nitrogen and oxygen atoms in total. The Morgan fingerprint density at radius 2 is 2.00 bits per heavy atom. The first-order valence-corrected chi connectivity index (χ1v) is 2.33. The molecule has 0 atom stereocenters. The van der Waals surface area contributed by atoms with Crippen molar-refractivity contribution >= 4 is 11.8 Å². The normalized spacial score (nSPS) is 7.33. The van der Waals surface area contributed by atoms with Crippen molar-refractivity contribution in [1.82, 2.24) is 0 Å². The molecule has 0 radical (unpaired) electrons. The number of hydrogen-bond donors (Lipinski definition) is 0. The fourth-order valence-corrected chi connectivity index (χ4v) is 0.258. The summed E-state index contributed by atoms with van der Waals surface area (Å²) < 4.78 is 4.11. The van der Waals surface area contributed by atoms with Crippen LogP contribution in [-0.2, 0) is 14.3 Å². The van der Waals surface area contributed by atoms with Gasteiger partial charge in [0.15, 0.2) is 0 Å². The first-order chi connectivity index (χ1) is 3.72. The van der Waals surface area contributed by atoms with Gasteiger partial charge >= 0.3 is 35.5 Å². The molecule has 9 heavy (non-hydrogen) atoms. The molecule has 0 fully saturated rings. The summed E-state index contributed by atoms with van der Waals surface area (Å²) in [5.74, 6) is -1.24. The van der Waals surface area contributed by atoms with Crippen molar-refractivity contribution < 1.29 is 45.3 Å². The van der Waals surface area contributed by atoms with E-state index < -0.39 is 11.8 Å². The predicted octanol–water partition coefficient (Wildman–Crippen LogP) is -2.74. The molecule has 0 aliphatic rings. The van der Waals surface area contributed by atoms with Crippen LogP contribution in [0.3, 0.4) is 0 Å². The second-order valence-corrected chi connectivity index (χ2v) is 1.27. The number of carbonyl (C=O) groups excluding carboxylic acids is 2. The summed E-state index contributed by atoms with van der Waals surface area (Å²) in [4.78, 5) is 20.4. The second-order valence-electron chi connectivity index (χ2n) is 1.27. The molecular weight excluding hydrogens is 131 g/mol. The topological polar surface area (TPSA) is 43.4 Å². The van der Waals surface area contributed by atoms with Crippen molar-refractivity contribution in [2.75, 3.05) is 7.11 Å². The average Bonchev–Trinajstić information content (AvgIpc) is 1.84. The van der Waals surface area contributed by atoms with Gasteiger partial charge in [0.25, 0.3) is 0 Å². The Morgan fingerprint density at radius 1 is 1.56 bits per heavy atom. The Labute approximate surface area is 77.5 Å². The van der Waals surface area contributed by atoms with Crippen LogP contribution in [-0.4, -0.2) is 18.9 Å². The van der Waals surface area contributed by atoms with Gasteiger partial charge in [-0.25, -0.2) is 4.79 Å². The molecule has 0 aromatic carbocycles. The standard InChI is InChI=1S/C5H8O3.Na.H/c1-3-4(6)5(7)8-2;;/h3H2,1-2H3;;/q;+1;-1. The quantitative estimate of drug-likeness (QED) is 0.237. The van der Waals surface area contributed by atoms with E-state index in [0.717, 1.165) is 0 Å². The fourth-order valence-electron chi connectivity index (χ4n) is 0.258. The van der Waals surface area contributed by atoms with E-state index in [1.165, 1.54) is 7.11 Å². The van der Waals surface area contributed by atoms with Gasteiger partial charge in [0.1, 0.15) is 0 Å². The predicted molar refractivity (Wildman–Crippen MR) is 28.4 cm³/mol. The van der Waals surface area contributed by atoms with Crippen molar-refractivity contribution in [2.24, 2.45) is 0 Å². The number of rotatable bonds is 2. The summed E-state index contributed by atoms with van der Waals surface area (Å²) in [6.45, 7) is 1.61. The van der Waals surface area contributed by atoms with E-state index in [0.29, 0.717) is 0 Å². The molecule has 0 aromatic rings. The van der Waals surface area contributed by atoms with Gasteiger partial charge < -0.3 is 6.16 Å². The molecular formula is C5H9NaO3. The maximum absolute atomic E-state index is 10.3. The molecule has 0 aliphatic heterocycles. The van der Waals surface area contributed by atoms with Crippen molar-refractivity contribution in [3.05, 3.63) is 0 Å². The third kappa shape index (κ3) is 4.63. The largest absolute Gasteiger partial charge is 1.00 e. The summed E-state index contributed by atoms with van der Waals surface area (Å²) in [6.07, 6.45) is 0.215. The van der Waals surface area contributed by atoms with Crippen molar-refractivity contribution in [1.29, 1.82) is 0 Å². The van der Waals surface area contributed by atoms with Crippen LogP contribution in [0.4, 0.5) is 0 Å². The zero-order valence-corrected chi connectivity index (χ0v) is 7.93. The van der Waals surface area contributed by atoms with Crippen molar-refractivity contribution in [3.8, 4) is 0 Å². The Morgan fingerprint density at radius 3 is 2.11 bits per heavy atom. The third-order valence-corrected chi connectivity index (χ3v) is 0.734. The molecule has 0 saturated heterocycles. The Bertz CT molecular complexity index is 101. The molecule has 4 heteroatoms. The van der Waals surface area contributed by atoms with E-state index in [4.69, 9.17) is 0 Å². The van der Waals surface area contributed by atoms with Gasteiger partial charge in [-0.15, -0.1) is 0 Å². The Kier molecular flexibility index (Phi) is 8.27.